The van der Waals surface area contributed by atoms with E-state index in [1.54, 1.807) is 11.3 Å². The zero-order valence-electron chi connectivity index (χ0n) is 8.62. The molecule has 0 aliphatic carbocycles. The number of hydrogen-bond donors (Lipinski definition) is 1. The second-order valence-electron chi connectivity index (χ2n) is 4.41. The first-order valence-corrected chi connectivity index (χ1v) is 5.75. The Morgan fingerprint density at radius 2 is 2.50 bits per heavy atom. The van der Waals surface area contributed by atoms with E-state index >= 15 is 0 Å². The Morgan fingerprint density at radius 1 is 1.71 bits per heavy atom. The van der Waals surface area contributed by atoms with E-state index < -0.39 is 0 Å². The van der Waals surface area contributed by atoms with Gasteiger partial charge in [-0.3, -0.25) is 0 Å². The van der Waals surface area contributed by atoms with Crippen molar-refractivity contribution in [3.63, 3.8) is 0 Å². The van der Waals surface area contributed by atoms with Crippen LogP contribution in [0.3, 0.4) is 0 Å². The molecular weight excluding hydrogens is 196 g/mol. The molecule has 1 fully saturated rings. The van der Waals surface area contributed by atoms with Gasteiger partial charge in [-0.25, -0.2) is 4.98 Å². The number of nitrogen functional groups attached to an aromatic ring is 1. The Kier molecular flexibility index (Phi) is 2.49. The Morgan fingerprint density at radius 3 is 3.00 bits per heavy atom. The zero-order chi connectivity index (χ0) is 10.2. The minimum Gasteiger partial charge on any atom is -0.375 e. The zero-order valence-corrected chi connectivity index (χ0v) is 9.43. The summed E-state index contributed by atoms with van der Waals surface area (Å²) in [5.41, 5.74) is 5.63. The van der Waals surface area contributed by atoms with Crippen molar-refractivity contribution in [2.75, 3.05) is 5.73 Å². The Labute approximate surface area is 88.3 Å². The number of anilines is 1. The molecule has 0 saturated carbocycles. The largest absolute Gasteiger partial charge is 0.375 e. The van der Waals surface area contributed by atoms with E-state index in [-0.39, 0.29) is 5.60 Å². The van der Waals surface area contributed by atoms with Gasteiger partial charge in [-0.2, -0.15) is 0 Å². The molecular formula is C10H16N2OS. The molecule has 4 heteroatoms. The minimum absolute atomic E-state index is 0.0564. The molecule has 3 nitrogen and oxygen atoms in total. The van der Waals surface area contributed by atoms with Crippen LogP contribution in [0, 0.1) is 0 Å². The minimum atomic E-state index is 0.0564. The second kappa shape index (κ2) is 3.51. The summed E-state index contributed by atoms with van der Waals surface area (Å²) in [6.07, 6.45) is 5.45. The predicted octanol–water partition coefficient (Wildman–Crippen LogP) is 2.23. The van der Waals surface area contributed by atoms with Crippen molar-refractivity contribution in [1.82, 2.24) is 4.98 Å². The van der Waals surface area contributed by atoms with E-state index in [0.29, 0.717) is 11.2 Å². The third-order valence-corrected chi connectivity index (χ3v) is 3.40. The molecule has 1 aromatic heterocycles. The molecule has 1 aliphatic heterocycles. The van der Waals surface area contributed by atoms with Crippen molar-refractivity contribution in [3.8, 4) is 0 Å². The summed E-state index contributed by atoms with van der Waals surface area (Å²) < 4.78 is 5.90. The van der Waals surface area contributed by atoms with Crippen LogP contribution in [0.4, 0.5) is 5.13 Å². The van der Waals surface area contributed by atoms with Crippen LogP contribution in [0.1, 0.15) is 31.6 Å². The molecule has 1 aromatic rings. The Balaban J connectivity index is 1.94. The highest BCUT2D eigenvalue weighted by Gasteiger charge is 2.31. The maximum atomic E-state index is 5.90. The lowest BCUT2D eigenvalue weighted by Crippen LogP contribution is -2.20. The van der Waals surface area contributed by atoms with Gasteiger partial charge in [0.1, 0.15) is 0 Å². The van der Waals surface area contributed by atoms with Crippen LogP contribution < -0.4 is 5.73 Å². The van der Waals surface area contributed by atoms with Crippen LogP contribution in [0.5, 0.6) is 0 Å². The Bertz CT molecular complexity index is 322. The average molecular weight is 212 g/mol. The fourth-order valence-electron chi connectivity index (χ4n) is 1.86. The van der Waals surface area contributed by atoms with Crippen molar-refractivity contribution >= 4 is 16.5 Å². The summed E-state index contributed by atoms with van der Waals surface area (Å²) in [5, 5.41) is 0.650. The van der Waals surface area contributed by atoms with Gasteiger partial charge in [0.2, 0.25) is 0 Å². The van der Waals surface area contributed by atoms with Crippen molar-refractivity contribution in [3.05, 3.63) is 11.1 Å². The molecule has 0 radical (unpaired) electrons. The van der Waals surface area contributed by atoms with Crippen molar-refractivity contribution in [1.29, 1.82) is 0 Å². The normalized spacial score (nSPS) is 25.4. The summed E-state index contributed by atoms with van der Waals surface area (Å²) in [5.74, 6) is 0. The predicted molar refractivity (Wildman–Crippen MR) is 58.4 cm³/mol. The molecule has 2 heterocycles. The molecule has 1 atom stereocenters. The summed E-state index contributed by atoms with van der Waals surface area (Å²) in [6, 6.07) is 0. The van der Waals surface area contributed by atoms with E-state index in [1.807, 2.05) is 6.20 Å². The molecule has 0 bridgehead atoms. The third kappa shape index (κ3) is 2.25. The first kappa shape index (κ1) is 9.93. The van der Waals surface area contributed by atoms with Gasteiger partial charge in [-0.05, 0) is 26.7 Å². The molecule has 2 rings (SSSR count). The first-order chi connectivity index (χ1) is 6.55. The van der Waals surface area contributed by atoms with Crippen LogP contribution in [0.25, 0.3) is 0 Å². The van der Waals surface area contributed by atoms with Gasteiger partial charge in [0.15, 0.2) is 5.13 Å². The summed E-state index contributed by atoms with van der Waals surface area (Å²) in [4.78, 5) is 5.26. The maximum absolute atomic E-state index is 5.90. The van der Waals surface area contributed by atoms with Crippen LogP contribution in [0.2, 0.25) is 0 Å². The SMILES string of the molecule is CC1(C)CCC(Cc2cnc(N)s2)O1. The monoisotopic (exact) mass is 212 g/mol. The first-order valence-electron chi connectivity index (χ1n) is 4.93. The van der Waals surface area contributed by atoms with E-state index in [2.05, 4.69) is 18.8 Å². The number of aromatic nitrogens is 1. The molecule has 0 aromatic carbocycles. The smallest absolute Gasteiger partial charge is 0.180 e. The topological polar surface area (TPSA) is 48.1 Å². The summed E-state index contributed by atoms with van der Waals surface area (Å²) >= 11 is 1.56. The highest BCUT2D eigenvalue weighted by atomic mass is 32.1. The van der Waals surface area contributed by atoms with Crippen LogP contribution >= 0.6 is 11.3 Å². The van der Waals surface area contributed by atoms with Gasteiger partial charge in [-0.1, -0.05) is 0 Å². The number of thiazole rings is 1. The van der Waals surface area contributed by atoms with Gasteiger partial charge < -0.3 is 10.5 Å². The molecule has 14 heavy (non-hydrogen) atoms. The maximum Gasteiger partial charge on any atom is 0.180 e. The highest BCUT2D eigenvalue weighted by Crippen LogP contribution is 2.32. The van der Waals surface area contributed by atoms with Crippen molar-refractivity contribution in [2.45, 2.75) is 44.8 Å². The quantitative estimate of drug-likeness (QED) is 0.817. The fourth-order valence-corrected chi connectivity index (χ4v) is 2.61. The lowest BCUT2D eigenvalue weighted by Gasteiger charge is -2.18. The third-order valence-electron chi connectivity index (χ3n) is 2.55. The fraction of sp³-hybridized carbons (Fsp3) is 0.700. The van der Waals surface area contributed by atoms with E-state index in [9.17, 15) is 0 Å². The number of rotatable bonds is 2. The molecule has 0 amide bonds. The van der Waals surface area contributed by atoms with Gasteiger partial charge in [0, 0.05) is 17.5 Å². The van der Waals surface area contributed by atoms with E-state index in [1.165, 1.54) is 4.88 Å². The van der Waals surface area contributed by atoms with Gasteiger partial charge in [0.05, 0.1) is 11.7 Å². The molecule has 1 unspecified atom stereocenters. The number of ether oxygens (including phenoxy) is 1. The Hall–Kier alpha value is -0.610. The van der Waals surface area contributed by atoms with Gasteiger partial charge >= 0.3 is 0 Å². The molecule has 0 spiro atoms. The van der Waals surface area contributed by atoms with Crippen LogP contribution in [0.15, 0.2) is 6.20 Å². The molecule has 2 N–H and O–H groups in total. The molecule has 1 saturated heterocycles. The molecule has 78 valence electrons. The van der Waals surface area contributed by atoms with Crippen molar-refractivity contribution < 1.29 is 4.74 Å². The van der Waals surface area contributed by atoms with Gasteiger partial charge in [0.25, 0.3) is 0 Å². The summed E-state index contributed by atoms with van der Waals surface area (Å²) in [6.45, 7) is 4.29. The lowest BCUT2D eigenvalue weighted by atomic mass is 10.0. The number of nitrogens with two attached hydrogens (primary N) is 1. The molecule has 1 aliphatic rings. The lowest BCUT2D eigenvalue weighted by molar-refractivity contribution is -0.0142. The van der Waals surface area contributed by atoms with Gasteiger partial charge in [-0.15, -0.1) is 11.3 Å². The number of nitrogens with zero attached hydrogens (tertiary/aromatic N) is 1. The highest BCUT2D eigenvalue weighted by molar-refractivity contribution is 7.15. The summed E-state index contributed by atoms with van der Waals surface area (Å²) in [7, 11) is 0. The average Bonchev–Trinajstić information content (AvgIpc) is 2.59. The van der Waals surface area contributed by atoms with Crippen molar-refractivity contribution in [2.24, 2.45) is 0 Å². The number of hydrogen-bond acceptors (Lipinski definition) is 4. The second-order valence-corrected chi connectivity index (χ2v) is 5.55. The van der Waals surface area contributed by atoms with E-state index in [0.717, 1.165) is 19.3 Å². The standard InChI is InChI=1S/C10H16N2OS/c1-10(2)4-3-7(13-10)5-8-6-12-9(11)14-8/h6-7H,3-5H2,1-2H3,(H2,11,12). The van der Waals surface area contributed by atoms with Crippen LogP contribution in [-0.4, -0.2) is 16.7 Å². The van der Waals surface area contributed by atoms with E-state index in [4.69, 9.17) is 10.5 Å². The van der Waals surface area contributed by atoms with Crippen LogP contribution in [-0.2, 0) is 11.2 Å².